The molecule has 0 unspecified atom stereocenters. The van der Waals surface area contributed by atoms with Crippen LogP contribution in [-0.4, -0.2) is 20.9 Å². The topological polar surface area (TPSA) is 70.4 Å². The van der Waals surface area contributed by atoms with Crippen LogP contribution in [0.1, 0.15) is 11.3 Å². The summed E-state index contributed by atoms with van der Waals surface area (Å²) in [5.41, 5.74) is 2.77. The monoisotopic (exact) mass is 319 g/mol. The number of aliphatic imine (C=N–C) groups is 1. The minimum absolute atomic E-state index is 0.140. The molecule has 2 heterocycles. The zero-order valence-corrected chi connectivity index (χ0v) is 11.6. The van der Waals surface area contributed by atoms with Crippen LogP contribution in [0.4, 0.5) is 5.69 Å². The summed E-state index contributed by atoms with van der Waals surface area (Å²) in [4.78, 5) is 18.1. The van der Waals surface area contributed by atoms with Gasteiger partial charge in [-0.25, -0.2) is 4.79 Å². The average Bonchev–Trinajstić information content (AvgIpc) is 2.86. The van der Waals surface area contributed by atoms with Crippen molar-refractivity contribution in [2.45, 2.75) is 0 Å². The van der Waals surface area contributed by atoms with E-state index in [1.165, 1.54) is 4.57 Å². The third-order valence-corrected chi connectivity index (χ3v) is 3.53. The van der Waals surface area contributed by atoms with Crippen molar-refractivity contribution in [3.05, 3.63) is 44.4 Å². The van der Waals surface area contributed by atoms with Crippen LogP contribution < -0.4 is 5.69 Å². The van der Waals surface area contributed by atoms with E-state index in [0.717, 1.165) is 21.3 Å². The highest BCUT2D eigenvalue weighted by molar-refractivity contribution is 9.10. The predicted octanol–water partition coefficient (Wildman–Crippen LogP) is 2.44. The Morgan fingerprint density at radius 1 is 1.47 bits per heavy atom. The molecule has 19 heavy (non-hydrogen) atoms. The molecular weight excluding hydrogens is 310 g/mol. The van der Waals surface area contributed by atoms with E-state index in [0.29, 0.717) is 5.69 Å². The third kappa shape index (κ3) is 1.94. The van der Waals surface area contributed by atoms with Gasteiger partial charge in [-0.15, -0.1) is 0 Å². The molecule has 0 saturated heterocycles. The molecule has 0 bridgehead atoms. The summed E-state index contributed by atoms with van der Waals surface area (Å²) in [7, 11) is 1.60. The van der Waals surface area contributed by atoms with Crippen LogP contribution in [0.15, 0.2) is 32.5 Å². The smallest absolute Gasteiger partial charge is 0.328 e. The number of imidazole rings is 1. The van der Waals surface area contributed by atoms with Crippen molar-refractivity contribution >= 4 is 39.5 Å². The quantitative estimate of drug-likeness (QED) is 0.847. The minimum Gasteiger partial charge on any atom is -0.493 e. The Balaban J connectivity index is 2.14. The van der Waals surface area contributed by atoms with Crippen molar-refractivity contribution in [1.29, 1.82) is 0 Å². The second kappa shape index (κ2) is 4.24. The maximum Gasteiger partial charge on any atom is 0.328 e. The van der Waals surface area contributed by atoms with Crippen LogP contribution in [0.5, 0.6) is 5.88 Å². The molecule has 0 saturated carbocycles. The van der Waals surface area contributed by atoms with Gasteiger partial charge in [0.25, 0.3) is 0 Å². The van der Waals surface area contributed by atoms with E-state index >= 15 is 0 Å². The van der Waals surface area contributed by atoms with Gasteiger partial charge in [0.05, 0.1) is 5.69 Å². The summed E-state index contributed by atoms with van der Waals surface area (Å²) in [6.45, 7) is 0. The number of aromatic amines is 1. The molecule has 0 amide bonds. The van der Waals surface area contributed by atoms with Crippen LogP contribution >= 0.6 is 15.9 Å². The van der Waals surface area contributed by atoms with Crippen LogP contribution in [0.25, 0.3) is 11.6 Å². The zero-order chi connectivity index (χ0) is 13.6. The Morgan fingerprint density at radius 3 is 2.95 bits per heavy atom. The van der Waals surface area contributed by atoms with Crippen LogP contribution in [0, 0.1) is 0 Å². The van der Waals surface area contributed by atoms with E-state index in [2.05, 4.69) is 25.9 Å². The molecule has 0 radical (unpaired) electrons. The van der Waals surface area contributed by atoms with Gasteiger partial charge in [0.15, 0.2) is 0 Å². The van der Waals surface area contributed by atoms with Crippen molar-refractivity contribution in [2.24, 2.45) is 12.0 Å². The Morgan fingerprint density at radius 2 is 2.26 bits per heavy atom. The van der Waals surface area contributed by atoms with Gasteiger partial charge in [0, 0.05) is 28.9 Å². The number of hydrogen-bond donors (Lipinski definition) is 2. The van der Waals surface area contributed by atoms with Crippen molar-refractivity contribution in [3.63, 3.8) is 0 Å². The first-order valence-electron chi connectivity index (χ1n) is 5.60. The molecule has 0 spiro atoms. The maximum atomic E-state index is 11.4. The molecule has 0 atom stereocenters. The zero-order valence-electron chi connectivity index (χ0n) is 10.0. The van der Waals surface area contributed by atoms with Crippen molar-refractivity contribution < 1.29 is 5.11 Å². The summed E-state index contributed by atoms with van der Waals surface area (Å²) >= 11 is 3.39. The Kier molecular flexibility index (Phi) is 2.67. The fourth-order valence-corrected chi connectivity index (χ4v) is 2.36. The normalized spacial score (nSPS) is 15.2. The average molecular weight is 320 g/mol. The van der Waals surface area contributed by atoms with Gasteiger partial charge in [-0.3, -0.25) is 14.5 Å². The van der Waals surface area contributed by atoms with E-state index in [9.17, 15) is 9.90 Å². The Bertz CT molecular complexity index is 784. The van der Waals surface area contributed by atoms with Crippen molar-refractivity contribution in [2.75, 3.05) is 0 Å². The standard InChI is InChI=1S/C13H10BrN3O2/c1-17-11(12(18)16-13(17)19)4-7-6-15-10-5-8(14)2-3-9(7)10/h2-6,18H,1H3,(H,16,19)/b7-4+. The highest BCUT2D eigenvalue weighted by Crippen LogP contribution is 2.35. The summed E-state index contributed by atoms with van der Waals surface area (Å²) in [5.74, 6) is -0.140. The number of aromatic nitrogens is 2. The molecule has 0 fully saturated rings. The van der Waals surface area contributed by atoms with Crippen molar-refractivity contribution in [3.8, 4) is 5.88 Å². The van der Waals surface area contributed by atoms with E-state index in [4.69, 9.17) is 0 Å². The first-order chi connectivity index (χ1) is 9.06. The molecular formula is C13H10BrN3O2. The van der Waals surface area contributed by atoms with Gasteiger partial charge in [-0.05, 0) is 18.2 Å². The number of halogens is 1. The SMILES string of the molecule is Cn1c(/C=C2\C=Nc3cc(Br)ccc32)c(O)[nH]c1=O. The van der Waals surface area contributed by atoms with Crippen molar-refractivity contribution in [1.82, 2.24) is 9.55 Å². The van der Waals surface area contributed by atoms with E-state index in [-0.39, 0.29) is 11.6 Å². The largest absolute Gasteiger partial charge is 0.493 e. The molecule has 1 aromatic carbocycles. The van der Waals surface area contributed by atoms with E-state index < -0.39 is 0 Å². The number of nitrogens with zero attached hydrogens (tertiary/aromatic N) is 2. The third-order valence-electron chi connectivity index (χ3n) is 3.04. The molecule has 1 aliphatic rings. The van der Waals surface area contributed by atoms with Crippen LogP contribution in [0.3, 0.4) is 0 Å². The van der Waals surface area contributed by atoms with Crippen LogP contribution in [0.2, 0.25) is 0 Å². The summed E-state index contributed by atoms with van der Waals surface area (Å²) in [6, 6.07) is 5.79. The van der Waals surface area contributed by atoms with Gasteiger partial charge in [0.1, 0.15) is 5.69 Å². The molecule has 1 aliphatic heterocycles. The number of hydrogen-bond acceptors (Lipinski definition) is 3. The van der Waals surface area contributed by atoms with Gasteiger partial charge in [-0.1, -0.05) is 22.0 Å². The van der Waals surface area contributed by atoms with E-state index in [1.54, 1.807) is 19.3 Å². The lowest BCUT2D eigenvalue weighted by molar-refractivity contribution is 0.454. The number of allylic oxidation sites excluding steroid dienone is 1. The molecule has 1 aromatic heterocycles. The molecule has 96 valence electrons. The number of rotatable bonds is 1. The highest BCUT2D eigenvalue weighted by atomic mass is 79.9. The molecule has 5 nitrogen and oxygen atoms in total. The lowest BCUT2D eigenvalue weighted by Gasteiger charge is -2.01. The highest BCUT2D eigenvalue weighted by Gasteiger charge is 2.15. The summed E-state index contributed by atoms with van der Waals surface area (Å²) in [5, 5.41) is 9.69. The second-order valence-electron chi connectivity index (χ2n) is 4.24. The van der Waals surface area contributed by atoms with Gasteiger partial charge in [0.2, 0.25) is 5.88 Å². The lowest BCUT2D eigenvalue weighted by atomic mass is 10.1. The first kappa shape index (κ1) is 12.0. The fraction of sp³-hybridized carbons (Fsp3) is 0.0769. The predicted molar refractivity (Wildman–Crippen MR) is 77.9 cm³/mol. The fourth-order valence-electron chi connectivity index (χ4n) is 2.01. The first-order valence-corrected chi connectivity index (χ1v) is 6.39. The van der Waals surface area contributed by atoms with E-state index in [1.807, 2.05) is 18.2 Å². The number of fused-ring (bicyclic) bond motifs is 1. The molecule has 3 rings (SSSR count). The Hall–Kier alpha value is -2.08. The number of aromatic hydroxyl groups is 1. The van der Waals surface area contributed by atoms with Gasteiger partial charge < -0.3 is 5.11 Å². The summed E-state index contributed by atoms with van der Waals surface area (Å²) < 4.78 is 2.31. The summed E-state index contributed by atoms with van der Waals surface area (Å²) in [6.07, 6.45) is 3.45. The minimum atomic E-state index is -0.352. The molecule has 6 heteroatoms. The number of nitrogens with one attached hydrogen (secondary N) is 1. The van der Waals surface area contributed by atoms with Crippen LogP contribution in [-0.2, 0) is 7.05 Å². The molecule has 2 N–H and O–H groups in total. The number of benzene rings is 1. The maximum absolute atomic E-state index is 11.4. The van der Waals surface area contributed by atoms with Gasteiger partial charge >= 0.3 is 5.69 Å². The lowest BCUT2D eigenvalue weighted by Crippen LogP contribution is -2.13. The molecule has 0 aliphatic carbocycles. The second-order valence-corrected chi connectivity index (χ2v) is 5.16. The Labute approximate surface area is 117 Å². The van der Waals surface area contributed by atoms with Gasteiger partial charge in [-0.2, -0.15) is 0 Å². The number of H-pyrrole nitrogens is 1. The molecule has 2 aromatic rings.